The number of rotatable bonds is 4. The molecule has 3 rings (SSSR count). The number of nitriles is 1. The van der Waals surface area contributed by atoms with Gasteiger partial charge < -0.3 is 15.1 Å². The van der Waals surface area contributed by atoms with Crippen LogP contribution in [-0.2, 0) is 6.54 Å². The summed E-state index contributed by atoms with van der Waals surface area (Å²) < 4.78 is 5.89. The van der Waals surface area contributed by atoms with Crippen molar-refractivity contribution in [2.45, 2.75) is 19.5 Å². The van der Waals surface area contributed by atoms with E-state index in [1.54, 1.807) is 13.1 Å². The third-order valence-electron chi connectivity index (χ3n) is 3.96. The Morgan fingerprint density at radius 3 is 2.80 bits per heavy atom. The molecule has 5 heteroatoms. The van der Waals surface area contributed by atoms with Gasteiger partial charge in [-0.05, 0) is 36.8 Å². The monoisotopic (exact) mass is 332 g/mol. The summed E-state index contributed by atoms with van der Waals surface area (Å²) in [5.41, 5.74) is 2.55. The average Bonchev–Trinajstić information content (AvgIpc) is 3.09. The number of nitrogens with zero attached hydrogens (tertiary/aromatic N) is 2. The average molecular weight is 332 g/mol. The van der Waals surface area contributed by atoms with Crippen LogP contribution in [0, 0.1) is 11.3 Å². The Labute approximate surface area is 147 Å². The predicted molar refractivity (Wildman–Crippen MR) is 99.1 cm³/mol. The molecular weight excluding hydrogens is 312 g/mol. The van der Waals surface area contributed by atoms with Crippen LogP contribution in [0.2, 0.25) is 0 Å². The van der Waals surface area contributed by atoms with Crippen molar-refractivity contribution >= 4 is 16.9 Å². The molecule has 0 aliphatic rings. The minimum absolute atomic E-state index is 0.0240. The molecule has 0 radical (unpaired) electrons. The van der Waals surface area contributed by atoms with Crippen molar-refractivity contribution in [1.29, 1.82) is 5.26 Å². The Hall–Kier alpha value is -3.26. The molecule has 1 aromatic heterocycles. The largest absolute Gasteiger partial charge is 0.459 e. The maximum Gasteiger partial charge on any atom is 0.191 e. The molecule has 0 bridgehead atoms. The van der Waals surface area contributed by atoms with Gasteiger partial charge in [-0.3, -0.25) is 4.99 Å². The molecule has 2 aromatic carbocycles. The first kappa shape index (κ1) is 16.6. The van der Waals surface area contributed by atoms with Gasteiger partial charge in [0.1, 0.15) is 11.3 Å². The van der Waals surface area contributed by atoms with E-state index >= 15 is 0 Å². The molecule has 0 spiro atoms. The Morgan fingerprint density at radius 2 is 2.04 bits per heavy atom. The summed E-state index contributed by atoms with van der Waals surface area (Å²) in [7, 11) is 1.73. The van der Waals surface area contributed by atoms with Crippen molar-refractivity contribution < 1.29 is 4.42 Å². The highest BCUT2D eigenvalue weighted by atomic mass is 16.3. The number of hydrogen-bond donors (Lipinski definition) is 2. The van der Waals surface area contributed by atoms with Gasteiger partial charge in [-0.25, -0.2) is 0 Å². The quantitative estimate of drug-likeness (QED) is 0.564. The molecule has 25 heavy (non-hydrogen) atoms. The molecule has 126 valence electrons. The van der Waals surface area contributed by atoms with E-state index in [4.69, 9.17) is 9.68 Å². The number of furan rings is 1. The number of hydrogen-bond acceptors (Lipinski definition) is 3. The van der Waals surface area contributed by atoms with Gasteiger partial charge in [0.15, 0.2) is 5.96 Å². The molecule has 1 atom stereocenters. The topological polar surface area (TPSA) is 73.3 Å². The summed E-state index contributed by atoms with van der Waals surface area (Å²) in [5, 5.41) is 16.6. The highest BCUT2D eigenvalue weighted by molar-refractivity contribution is 5.81. The van der Waals surface area contributed by atoms with Crippen molar-refractivity contribution in [2.75, 3.05) is 7.05 Å². The second-order valence-electron chi connectivity index (χ2n) is 5.79. The molecule has 1 unspecified atom stereocenters. The van der Waals surface area contributed by atoms with Crippen LogP contribution in [0.4, 0.5) is 0 Å². The van der Waals surface area contributed by atoms with Crippen molar-refractivity contribution in [2.24, 2.45) is 4.99 Å². The van der Waals surface area contributed by atoms with Crippen molar-refractivity contribution in [3.8, 4) is 6.07 Å². The fourth-order valence-corrected chi connectivity index (χ4v) is 2.62. The van der Waals surface area contributed by atoms with E-state index < -0.39 is 0 Å². The number of aliphatic imine (C=N–C) groups is 1. The number of guanidine groups is 1. The zero-order valence-corrected chi connectivity index (χ0v) is 14.3. The van der Waals surface area contributed by atoms with Crippen LogP contribution in [-0.4, -0.2) is 13.0 Å². The van der Waals surface area contributed by atoms with Gasteiger partial charge in [0.2, 0.25) is 0 Å². The predicted octanol–water partition coefficient (Wildman–Crippen LogP) is 3.73. The summed E-state index contributed by atoms with van der Waals surface area (Å²) >= 11 is 0. The second-order valence-corrected chi connectivity index (χ2v) is 5.79. The van der Waals surface area contributed by atoms with Crippen molar-refractivity contribution in [3.05, 3.63) is 71.5 Å². The molecule has 2 N–H and O–H groups in total. The van der Waals surface area contributed by atoms with E-state index in [9.17, 15) is 0 Å². The molecular formula is C20H20N4O. The zero-order valence-electron chi connectivity index (χ0n) is 14.3. The van der Waals surface area contributed by atoms with Crippen LogP contribution in [0.1, 0.15) is 29.9 Å². The van der Waals surface area contributed by atoms with E-state index in [0.717, 1.165) is 22.3 Å². The summed E-state index contributed by atoms with van der Waals surface area (Å²) in [5.74, 6) is 1.53. The fourth-order valence-electron chi connectivity index (χ4n) is 2.62. The minimum atomic E-state index is -0.0240. The summed E-state index contributed by atoms with van der Waals surface area (Å²) in [6.45, 7) is 2.61. The molecule has 0 aliphatic carbocycles. The van der Waals surface area contributed by atoms with Crippen LogP contribution in [0.25, 0.3) is 11.0 Å². The molecule has 1 heterocycles. The van der Waals surface area contributed by atoms with Crippen molar-refractivity contribution in [1.82, 2.24) is 10.6 Å². The SMILES string of the molecule is CN=C(NCc1cccc(C#N)c1)NC(C)c1cc2ccccc2o1. The Bertz CT molecular complexity index is 903. The molecule has 5 nitrogen and oxygen atoms in total. The van der Waals surface area contributed by atoms with Gasteiger partial charge in [-0.15, -0.1) is 0 Å². The number of fused-ring (bicyclic) bond motifs is 1. The van der Waals surface area contributed by atoms with Gasteiger partial charge in [0.25, 0.3) is 0 Å². The number of benzene rings is 2. The lowest BCUT2D eigenvalue weighted by atomic mass is 10.1. The first-order chi connectivity index (χ1) is 12.2. The Morgan fingerprint density at radius 1 is 1.20 bits per heavy atom. The van der Waals surface area contributed by atoms with Crippen molar-refractivity contribution in [3.63, 3.8) is 0 Å². The van der Waals surface area contributed by atoms with E-state index in [-0.39, 0.29) is 6.04 Å². The standard InChI is InChI=1S/C20H20N4O/c1-14(19-11-17-8-3-4-9-18(17)25-19)24-20(22-2)23-13-16-7-5-6-15(10-16)12-21/h3-11,14H,13H2,1-2H3,(H2,22,23,24). The molecule has 0 saturated carbocycles. The maximum atomic E-state index is 8.97. The first-order valence-electron chi connectivity index (χ1n) is 8.14. The van der Waals surface area contributed by atoms with Crippen LogP contribution >= 0.6 is 0 Å². The van der Waals surface area contributed by atoms with Gasteiger partial charge in [-0.2, -0.15) is 5.26 Å². The Balaban J connectivity index is 1.64. The molecule has 0 amide bonds. The lowest BCUT2D eigenvalue weighted by Crippen LogP contribution is -2.38. The molecule has 3 aromatic rings. The van der Waals surface area contributed by atoms with Gasteiger partial charge in [-0.1, -0.05) is 30.3 Å². The van der Waals surface area contributed by atoms with E-state index in [2.05, 4.69) is 21.7 Å². The lowest BCUT2D eigenvalue weighted by Gasteiger charge is -2.16. The maximum absolute atomic E-state index is 8.97. The smallest absolute Gasteiger partial charge is 0.191 e. The van der Waals surface area contributed by atoms with Crippen LogP contribution in [0.5, 0.6) is 0 Å². The molecule has 0 saturated heterocycles. The van der Waals surface area contributed by atoms with Gasteiger partial charge >= 0.3 is 0 Å². The first-order valence-corrected chi connectivity index (χ1v) is 8.14. The number of nitrogens with one attached hydrogen (secondary N) is 2. The van der Waals surface area contributed by atoms with Crippen LogP contribution in [0.15, 0.2) is 64.0 Å². The zero-order chi connectivity index (χ0) is 17.6. The minimum Gasteiger partial charge on any atom is -0.459 e. The summed E-state index contributed by atoms with van der Waals surface area (Å²) in [6.07, 6.45) is 0. The normalized spacial score (nSPS) is 12.6. The number of para-hydroxylation sites is 1. The second kappa shape index (κ2) is 7.54. The lowest BCUT2D eigenvalue weighted by molar-refractivity contribution is 0.488. The van der Waals surface area contributed by atoms with Crippen LogP contribution < -0.4 is 10.6 Å². The summed E-state index contributed by atoms with van der Waals surface area (Å²) in [4.78, 5) is 4.25. The highest BCUT2D eigenvalue weighted by Gasteiger charge is 2.13. The van der Waals surface area contributed by atoms with E-state index in [1.165, 1.54) is 0 Å². The molecule has 0 fully saturated rings. The fraction of sp³-hybridized carbons (Fsp3) is 0.200. The van der Waals surface area contributed by atoms with E-state index in [0.29, 0.717) is 18.1 Å². The molecule has 0 aliphatic heterocycles. The third kappa shape index (κ3) is 3.99. The highest BCUT2D eigenvalue weighted by Crippen LogP contribution is 2.23. The van der Waals surface area contributed by atoms with Gasteiger partial charge in [0, 0.05) is 19.0 Å². The Kier molecular flexibility index (Phi) is 5.00. The third-order valence-corrected chi connectivity index (χ3v) is 3.96. The van der Waals surface area contributed by atoms with Gasteiger partial charge in [0.05, 0.1) is 17.7 Å². The van der Waals surface area contributed by atoms with Crippen LogP contribution in [0.3, 0.4) is 0 Å². The summed E-state index contributed by atoms with van der Waals surface area (Å²) in [6, 6.07) is 19.6. The van der Waals surface area contributed by atoms with E-state index in [1.807, 2.05) is 55.5 Å².